The van der Waals surface area contributed by atoms with Gasteiger partial charge in [-0.2, -0.15) is 5.43 Å². The van der Waals surface area contributed by atoms with Gasteiger partial charge in [-0.15, -0.1) is 0 Å². The quantitative estimate of drug-likeness (QED) is 0.392. The number of imidazole rings is 1. The third-order valence-electron chi connectivity index (χ3n) is 2.67. The molecule has 3 rings (SSSR count). The number of aromatic nitrogens is 2. The molecule has 4 heteroatoms. The third-order valence-corrected chi connectivity index (χ3v) is 2.67. The van der Waals surface area contributed by atoms with Crippen LogP contribution in [0.2, 0.25) is 0 Å². The van der Waals surface area contributed by atoms with Crippen LogP contribution in [0.25, 0.3) is 0 Å². The number of aryl methyl sites for hydroxylation is 1. The summed E-state index contributed by atoms with van der Waals surface area (Å²) in [4.78, 5) is 4.02. The van der Waals surface area contributed by atoms with Crippen LogP contribution in [0, 0.1) is 11.8 Å². The highest BCUT2D eigenvalue weighted by Gasteiger charge is 2.17. The zero-order valence-electron chi connectivity index (χ0n) is 9.38. The molecular weight excluding hydrogens is 212 g/mol. The predicted molar refractivity (Wildman–Crippen MR) is 64.7 cm³/mol. The Labute approximate surface area is 99.0 Å². The van der Waals surface area contributed by atoms with Crippen LogP contribution in [-0.4, -0.2) is 15.3 Å². The highest BCUT2D eigenvalue weighted by Crippen LogP contribution is 2.13. The molecule has 2 N–H and O–H groups in total. The third kappa shape index (κ3) is 1.73. The van der Waals surface area contributed by atoms with E-state index >= 15 is 0 Å². The lowest BCUT2D eigenvalue weighted by atomic mass is 10.1. The van der Waals surface area contributed by atoms with Gasteiger partial charge in [0.15, 0.2) is 11.4 Å². The summed E-state index contributed by atoms with van der Waals surface area (Å²) in [7, 11) is 1.92. The van der Waals surface area contributed by atoms with Crippen LogP contribution in [0.15, 0.2) is 41.9 Å². The largest absolute Gasteiger partial charge is 0.327 e. The van der Waals surface area contributed by atoms with Gasteiger partial charge in [-0.1, -0.05) is 17.2 Å². The lowest BCUT2D eigenvalue weighted by Gasteiger charge is -1.91. The van der Waals surface area contributed by atoms with E-state index < -0.39 is 0 Å². The van der Waals surface area contributed by atoms with Crippen molar-refractivity contribution >= 4 is 11.4 Å². The number of nitrogens with two attached hydrogens (primary N) is 1. The van der Waals surface area contributed by atoms with E-state index in [1.807, 2.05) is 41.3 Å². The van der Waals surface area contributed by atoms with Crippen LogP contribution in [0.1, 0.15) is 11.3 Å². The van der Waals surface area contributed by atoms with Crippen LogP contribution < -0.4 is 5.43 Å². The molecule has 17 heavy (non-hydrogen) atoms. The molecule has 1 aromatic carbocycles. The maximum absolute atomic E-state index is 4.32. The van der Waals surface area contributed by atoms with Gasteiger partial charge in [0.05, 0.1) is 18.1 Å². The molecule has 0 saturated heterocycles. The van der Waals surface area contributed by atoms with Gasteiger partial charge < -0.3 is 4.57 Å². The molecule has 1 aromatic heterocycles. The number of nitrogens with zero attached hydrogens (tertiary/aromatic N) is 3. The van der Waals surface area contributed by atoms with Crippen molar-refractivity contribution in [1.29, 1.82) is 0 Å². The molecular formula is C13H11N4+. The highest BCUT2D eigenvalue weighted by molar-refractivity contribution is 6.16. The predicted octanol–water partition coefficient (Wildman–Crippen LogP) is 0.384. The maximum Gasteiger partial charge on any atom is 0.182 e. The first kappa shape index (κ1) is 9.82. The van der Waals surface area contributed by atoms with E-state index in [4.69, 9.17) is 0 Å². The van der Waals surface area contributed by atoms with Gasteiger partial charge in [0.1, 0.15) is 5.69 Å². The van der Waals surface area contributed by atoms with Crippen LogP contribution in [-0.2, 0) is 7.05 Å². The standard InChI is InChI=1S/C13H10N4/c1-17-9-14-8-10(17)6-7-13-11-4-2-3-5-12(11)15-16-13/h2-5,8-9H,1H3,(H,15,16)/p+1. The van der Waals surface area contributed by atoms with Gasteiger partial charge in [-0.3, -0.25) is 0 Å². The molecule has 0 atom stereocenters. The summed E-state index contributed by atoms with van der Waals surface area (Å²) in [6, 6.07) is 8.08. The zero-order chi connectivity index (χ0) is 11.7. The normalized spacial score (nSPS) is 12.6. The number of benzene rings is 1. The van der Waals surface area contributed by atoms with E-state index in [-0.39, 0.29) is 0 Å². The van der Waals surface area contributed by atoms with Gasteiger partial charge in [-0.05, 0) is 17.9 Å². The first-order valence-electron chi connectivity index (χ1n) is 5.33. The topological polar surface area (TPSA) is 46.8 Å². The van der Waals surface area contributed by atoms with E-state index in [0.717, 1.165) is 22.7 Å². The fourth-order valence-electron chi connectivity index (χ4n) is 1.73. The van der Waals surface area contributed by atoms with Crippen molar-refractivity contribution in [2.75, 3.05) is 0 Å². The average molecular weight is 223 g/mol. The molecule has 1 aliphatic heterocycles. The van der Waals surface area contributed by atoms with E-state index in [9.17, 15) is 0 Å². The highest BCUT2D eigenvalue weighted by atomic mass is 15.3. The van der Waals surface area contributed by atoms with Crippen LogP contribution in [0.3, 0.4) is 0 Å². The summed E-state index contributed by atoms with van der Waals surface area (Å²) >= 11 is 0. The summed E-state index contributed by atoms with van der Waals surface area (Å²) in [5, 5.41) is 4.32. The van der Waals surface area contributed by atoms with Crippen molar-refractivity contribution in [2.24, 2.45) is 12.1 Å². The lowest BCUT2D eigenvalue weighted by molar-refractivity contribution is -0.573. The molecule has 0 unspecified atom stereocenters. The first-order valence-corrected chi connectivity index (χ1v) is 5.33. The molecule has 0 amide bonds. The Bertz CT molecular complexity index is 655. The fourth-order valence-corrected chi connectivity index (χ4v) is 1.73. The molecule has 0 bridgehead atoms. The Morgan fingerprint density at radius 2 is 2.12 bits per heavy atom. The molecule has 0 saturated carbocycles. The zero-order valence-corrected chi connectivity index (χ0v) is 9.38. The molecule has 4 nitrogen and oxygen atoms in total. The molecule has 0 radical (unpaired) electrons. The molecule has 82 valence electrons. The first-order chi connectivity index (χ1) is 8.34. The van der Waals surface area contributed by atoms with Gasteiger partial charge in [0.25, 0.3) is 0 Å². The van der Waals surface area contributed by atoms with Gasteiger partial charge in [0.2, 0.25) is 0 Å². The SMILES string of the molecule is Cn1cncc1C#CC1=N[NH2+]c2ccccc21. The Balaban J connectivity index is 1.95. The van der Waals surface area contributed by atoms with E-state index in [1.165, 1.54) is 0 Å². The molecule has 0 aliphatic carbocycles. The number of rotatable bonds is 0. The average Bonchev–Trinajstić information content (AvgIpc) is 2.93. The molecule has 0 fully saturated rings. The number of hydrogen-bond acceptors (Lipinski definition) is 2. The lowest BCUT2D eigenvalue weighted by Crippen LogP contribution is -2.69. The smallest absolute Gasteiger partial charge is 0.182 e. The second-order valence-electron chi connectivity index (χ2n) is 3.83. The minimum Gasteiger partial charge on any atom is -0.327 e. The van der Waals surface area contributed by atoms with Gasteiger partial charge in [0, 0.05) is 13.1 Å². The van der Waals surface area contributed by atoms with E-state index in [0.29, 0.717) is 0 Å². The second kappa shape index (κ2) is 3.89. The number of fused-ring (bicyclic) bond motifs is 1. The fraction of sp³-hybridized carbons (Fsp3) is 0.0769. The second-order valence-corrected chi connectivity index (χ2v) is 3.83. The molecule has 1 aliphatic rings. The van der Waals surface area contributed by atoms with Crippen molar-refractivity contribution in [3.05, 3.63) is 48.0 Å². The molecule has 2 aromatic rings. The Hall–Kier alpha value is -2.38. The Morgan fingerprint density at radius 3 is 2.94 bits per heavy atom. The van der Waals surface area contributed by atoms with Crippen LogP contribution in [0.4, 0.5) is 5.69 Å². The van der Waals surface area contributed by atoms with Crippen molar-refractivity contribution in [2.45, 2.75) is 0 Å². The summed E-state index contributed by atoms with van der Waals surface area (Å²) in [5.74, 6) is 6.16. The Kier molecular flexibility index (Phi) is 2.25. The minimum absolute atomic E-state index is 0.821. The minimum atomic E-state index is 0.821. The number of quaternary nitrogens is 1. The van der Waals surface area contributed by atoms with Crippen LogP contribution >= 0.6 is 0 Å². The van der Waals surface area contributed by atoms with Gasteiger partial charge in [-0.25, -0.2) is 4.98 Å². The summed E-state index contributed by atoms with van der Waals surface area (Å²) in [6.45, 7) is 0. The van der Waals surface area contributed by atoms with E-state index in [1.54, 1.807) is 12.5 Å². The van der Waals surface area contributed by atoms with E-state index in [2.05, 4.69) is 21.9 Å². The van der Waals surface area contributed by atoms with Crippen molar-refractivity contribution < 1.29 is 5.43 Å². The van der Waals surface area contributed by atoms with Crippen molar-refractivity contribution in [1.82, 2.24) is 9.55 Å². The molecule has 0 spiro atoms. The van der Waals surface area contributed by atoms with Gasteiger partial charge >= 0.3 is 0 Å². The Morgan fingerprint density at radius 1 is 1.24 bits per heavy atom. The molecule has 2 heterocycles. The summed E-state index contributed by atoms with van der Waals surface area (Å²) < 4.78 is 1.89. The summed E-state index contributed by atoms with van der Waals surface area (Å²) in [5.41, 5.74) is 5.78. The summed E-state index contributed by atoms with van der Waals surface area (Å²) in [6.07, 6.45) is 3.48. The maximum atomic E-state index is 4.32. The van der Waals surface area contributed by atoms with Crippen molar-refractivity contribution in [3.63, 3.8) is 0 Å². The van der Waals surface area contributed by atoms with Crippen molar-refractivity contribution in [3.8, 4) is 11.8 Å². The van der Waals surface area contributed by atoms with Crippen LogP contribution in [0.5, 0.6) is 0 Å². The monoisotopic (exact) mass is 223 g/mol. The number of hydrogen-bond donors (Lipinski definition) is 1.